The van der Waals surface area contributed by atoms with Crippen molar-refractivity contribution in [3.8, 4) is 5.75 Å². The van der Waals surface area contributed by atoms with Gasteiger partial charge < -0.3 is 9.84 Å². The van der Waals surface area contributed by atoms with Gasteiger partial charge in [0.05, 0.1) is 10.6 Å². The molecule has 0 amide bonds. The third kappa shape index (κ3) is 3.21. The zero-order valence-corrected chi connectivity index (χ0v) is 11.6. The molecule has 0 aromatic heterocycles. The molecule has 1 aromatic rings. The van der Waals surface area contributed by atoms with E-state index >= 15 is 0 Å². The highest BCUT2D eigenvalue weighted by Gasteiger charge is 2.20. The third-order valence-electron chi connectivity index (χ3n) is 3.26. The highest BCUT2D eigenvalue weighted by Crippen LogP contribution is 2.29. The smallest absolute Gasteiger partial charge is 0.134 e. The van der Waals surface area contributed by atoms with E-state index in [0.717, 1.165) is 42.5 Å². The Bertz CT molecular complexity index is 384. The molecule has 1 aromatic carbocycles. The van der Waals surface area contributed by atoms with Crippen LogP contribution in [0.3, 0.4) is 0 Å². The van der Waals surface area contributed by atoms with Crippen molar-refractivity contribution in [1.82, 2.24) is 4.90 Å². The minimum atomic E-state index is 0.332. The van der Waals surface area contributed by atoms with Gasteiger partial charge in [0.15, 0.2) is 0 Å². The molecule has 1 aliphatic rings. The maximum Gasteiger partial charge on any atom is 0.134 e. The SMILES string of the molecule is COC1CCCN(Cc2cccc(Br)c2O)C1. The molecule has 0 radical (unpaired) electrons. The van der Waals surface area contributed by atoms with Crippen molar-refractivity contribution in [2.24, 2.45) is 0 Å². The molecule has 0 bridgehead atoms. The Hall–Kier alpha value is -0.580. The number of piperidine rings is 1. The number of para-hydroxylation sites is 1. The van der Waals surface area contributed by atoms with Gasteiger partial charge in [-0.15, -0.1) is 0 Å². The number of benzene rings is 1. The van der Waals surface area contributed by atoms with Crippen LogP contribution in [0.4, 0.5) is 0 Å². The normalized spacial score (nSPS) is 21.6. The van der Waals surface area contributed by atoms with Gasteiger partial charge in [-0.2, -0.15) is 0 Å². The van der Waals surface area contributed by atoms with E-state index < -0.39 is 0 Å². The number of methoxy groups -OCH3 is 1. The minimum Gasteiger partial charge on any atom is -0.506 e. The molecular formula is C13H18BrNO2. The van der Waals surface area contributed by atoms with Crippen LogP contribution in [0.15, 0.2) is 22.7 Å². The Balaban J connectivity index is 2.02. The van der Waals surface area contributed by atoms with Crippen LogP contribution < -0.4 is 0 Å². The lowest BCUT2D eigenvalue weighted by atomic mass is 10.1. The maximum absolute atomic E-state index is 9.95. The van der Waals surface area contributed by atoms with E-state index in [4.69, 9.17) is 4.74 Å². The maximum atomic E-state index is 9.95. The first kappa shape index (κ1) is 12.9. The van der Waals surface area contributed by atoms with Crippen LogP contribution in [-0.4, -0.2) is 36.3 Å². The second-order valence-electron chi connectivity index (χ2n) is 4.48. The number of hydrogen-bond donors (Lipinski definition) is 1. The van der Waals surface area contributed by atoms with Crippen LogP contribution in [0.1, 0.15) is 18.4 Å². The molecule has 2 rings (SSSR count). The molecular weight excluding hydrogens is 282 g/mol. The van der Waals surface area contributed by atoms with Gasteiger partial charge in [0, 0.05) is 25.8 Å². The van der Waals surface area contributed by atoms with E-state index in [1.165, 1.54) is 0 Å². The van der Waals surface area contributed by atoms with Gasteiger partial charge in [-0.3, -0.25) is 4.90 Å². The summed E-state index contributed by atoms with van der Waals surface area (Å²) in [5.74, 6) is 0.354. The fourth-order valence-corrected chi connectivity index (χ4v) is 2.68. The summed E-state index contributed by atoms with van der Waals surface area (Å²) in [6.07, 6.45) is 2.63. The Morgan fingerprint density at radius 2 is 2.35 bits per heavy atom. The topological polar surface area (TPSA) is 32.7 Å². The number of aromatic hydroxyl groups is 1. The first-order chi connectivity index (χ1) is 8.20. The van der Waals surface area contributed by atoms with Crippen LogP contribution in [-0.2, 0) is 11.3 Å². The number of hydrogen-bond acceptors (Lipinski definition) is 3. The first-order valence-electron chi connectivity index (χ1n) is 5.92. The lowest BCUT2D eigenvalue weighted by Gasteiger charge is -2.32. The van der Waals surface area contributed by atoms with E-state index in [-0.39, 0.29) is 0 Å². The predicted octanol–water partition coefficient (Wildman–Crippen LogP) is 2.77. The molecule has 3 nitrogen and oxygen atoms in total. The molecule has 1 saturated heterocycles. The summed E-state index contributed by atoms with van der Waals surface area (Å²) in [6, 6.07) is 5.78. The zero-order valence-electron chi connectivity index (χ0n) is 10.0. The summed E-state index contributed by atoms with van der Waals surface area (Å²) in [6.45, 7) is 2.80. The van der Waals surface area contributed by atoms with E-state index in [1.807, 2.05) is 18.2 Å². The highest BCUT2D eigenvalue weighted by atomic mass is 79.9. The standard InChI is InChI=1S/C13H18BrNO2/c1-17-11-5-3-7-15(9-11)8-10-4-2-6-12(14)13(10)16/h2,4,6,11,16H,3,5,7-9H2,1H3. The molecule has 1 unspecified atom stereocenters. The predicted molar refractivity (Wildman–Crippen MR) is 71.1 cm³/mol. The van der Waals surface area contributed by atoms with Gasteiger partial charge in [0.25, 0.3) is 0 Å². The first-order valence-corrected chi connectivity index (χ1v) is 6.71. The molecule has 1 aliphatic heterocycles. The molecule has 1 heterocycles. The molecule has 0 saturated carbocycles. The summed E-state index contributed by atoms with van der Waals surface area (Å²) in [7, 11) is 1.77. The summed E-state index contributed by atoms with van der Waals surface area (Å²) >= 11 is 3.34. The summed E-state index contributed by atoms with van der Waals surface area (Å²) < 4.78 is 6.16. The Morgan fingerprint density at radius 1 is 1.53 bits per heavy atom. The average molecular weight is 300 g/mol. The summed E-state index contributed by atoms with van der Waals surface area (Å²) in [4.78, 5) is 2.33. The van der Waals surface area contributed by atoms with Crippen molar-refractivity contribution in [1.29, 1.82) is 0 Å². The fourth-order valence-electron chi connectivity index (χ4n) is 2.28. The van der Waals surface area contributed by atoms with Gasteiger partial charge in [-0.1, -0.05) is 12.1 Å². The van der Waals surface area contributed by atoms with E-state index in [0.29, 0.717) is 11.9 Å². The molecule has 94 valence electrons. The Kier molecular flexibility index (Phi) is 4.42. The van der Waals surface area contributed by atoms with Gasteiger partial charge in [0.2, 0.25) is 0 Å². The Morgan fingerprint density at radius 3 is 3.12 bits per heavy atom. The van der Waals surface area contributed by atoms with E-state index in [1.54, 1.807) is 7.11 Å². The summed E-state index contributed by atoms with van der Waals surface area (Å²) in [5, 5.41) is 9.95. The molecule has 1 atom stereocenters. The molecule has 1 fully saturated rings. The average Bonchev–Trinajstić information content (AvgIpc) is 2.35. The number of phenols is 1. The number of halogens is 1. The largest absolute Gasteiger partial charge is 0.506 e. The van der Waals surface area contributed by atoms with Gasteiger partial charge in [-0.05, 0) is 41.4 Å². The van der Waals surface area contributed by atoms with Crippen molar-refractivity contribution >= 4 is 15.9 Å². The molecule has 0 aliphatic carbocycles. The number of nitrogens with zero attached hydrogens (tertiary/aromatic N) is 1. The number of likely N-dealkylation sites (tertiary alicyclic amines) is 1. The van der Waals surface area contributed by atoms with Crippen molar-refractivity contribution in [2.45, 2.75) is 25.5 Å². The van der Waals surface area contributed by atoms with E-state index in [2.05, 4.69) is 20.8 Å². The molecule has 0 spiro atoms. The van der Waals surface area contributed by atoms with Crippen molar-refractivity contribution in [2.75, 3.05) is 20.2 Å². The van der Waals surface area contributed by atoms with Crippen molar-refractivity contribution in [3.63, 3.8) is 0 Å². The van der Waals surface area contributed by atoms with Crippen LogP contribution >= 0.6 is 15.9 Å². The van der Waals surface area contributed by atoms with Gasteiger partial charge >= 0.3 is 0 Å². The second-order valence-corrected chi connectivity index (χ2v) is 5.34. The lowest BCUT2D eigenvalue weighted by Crippen LogP contribution is -2.38. The van der Waals surface area contributed by atoms with Crippen LogP contribution in [0.25, 0.3) is 0 Å². The van der Waals surface area contributed by atoms with Gasteiger partial charge in [0.1, 0.15) is 5.75 Å². The molecule has 1 N–H and O–H groups in total. The van der Waals surface area contributed by atoms with E-state index in [9.17, 15) is 5.11 Å². The zero-order chi connectivity index (χ0) is 12.3. The van der Waals surface area contributed by atoms with Crippen LogP contribution in [0, 0.1) is 0 Å². The summed E-state index contributed by atoms with van der Waals surface area (Å²) in [5.41, 5.74) is 0.969. The highest BCUT2D eigenvalue weighted by molar-refractivity contribution is 9.10. The van der Waals surface area contributed by atoms with Crippen molar-refractivity contribution in [3.05, 3.63) is 28.2 Å². The number of ether oxygens (including phenoxy) is 1. The molecule has 17 heavy (non-hydrogen) atoms. The monoisotopic (exact) mass is 299 g/mol. The van der Waals surface area contributed by atoms with Crippen LogP contribution in [0.2, 0.25) is 0 Å². The lowest BCUT2D eigenvalue weighted by molar-refractivity contribution is 0.0283. The fraction of sp³-hybridized carbons (Fsp3) is 0.538. The minimum absolute atomic E-state index is 0.332. The van der Waals surface area contributed by atoms with Crippen molar-refractivity contribution < 1.29 is 9.84 Å². The third-order valence-corrected chi connectivity index (χ3v) is 3.90. The van der Waals surface area contributed by atoms with Crippen LogP contribution in [0.5, 0.6) is 5.75 Å². The Labute approximate surface area is 111 Å². The van der Waals surface area contributed by atoms with Gasteiger partial charge in [-0.25, -0.2) is 0 Å². The molecule has 4 heteroatoms. The number of phenolic OH excluding ortho intramolecular Hbond substituents is 1. The number of rotatable bonds is 3. The second kappa shape index (κ2) is 5.85. The quantitative estimate of drug-likeness (QED) is 0.931.